The Morgan fingerprint density at radius 2 is 0.900 bits per heavy atom. The summed E-state index contributed by atoms with van der Waals surface area (Å²) in [6.45, 7) is 8.77. The number of carbonyl (C=O) groups is 4. The fourth-order valence-electron chi connectivity index (χ4n) is 8.71. The average Bonchev–Trinajstić information content (AvgIpc) is 3.23. The predicted molar refractivity (Wildman–Crippen MR) is 246 cm³/mol. The lowest BCUT2D eigenvalue weighted by molar-refractivity contribution is -0.190. The zero-order valence-corrected chi connectivity index (χ0v) is 39.5. The van der Waals surface area contributed by atoms with Crippen molar-refractivity contribution in [1.29, 1.82) is 0 Å². The molecular formula is C51H95NO8. The summed E-state index contributed by atoms with van der Waals surface area (Å²) in [6.07, 6.45) is 42.3. The normalized spacial score (nSPS) is 19.2. The minimum absolute atomic E-state index is 0.0261. The highest BCUT2D eigenvalue weighted by atomic mass is 16.6. The van der Waals surface area contributed by atoms with Gasteiger partial charge in [0.25, 0.3) is 0 Å². The number of aliphatic hydroxyl groups excluding tert-OH is 1. The van der Waals surface area contributed by atoms with Crippen LogP contribution >= 0.6 is 0 Å². The predicted octanol–water partition coefficient (Wildman–Crippen LogP) is 13.2. The number of hydrogen-bond acceptors (Lipinski definition) is 8. The van der Waals surface area contributed by atoms with E-state index in [0.29, 0.717) is 19.3 Å². The van der Waals surface area contributed by atoms with Gasteiger partial charge in [-0.15, -0.1) is 0 Å². The van der Waals surface area contributed by atoms with E-state index in [4.69, 9.17) is 14.2 Å². The molecule has 0 aromatic heterocycles. The highest BCUT2D eigenvalue weighted by Crippen LogP contribution is 2.33. The van der Waals surface area contributed by atoms with Crippen molar-refractivity contribution in [3.63, 3.8) is 0 Å². The number of aliphatic hydroxyl groups is 1. The third-order valence-electron chi connectivity index (χ3n) is 12.7. The monoisotopic (exact) mass is 850 g/mol. The van der Waals surface area contributed by atoms with Crippen LogP contribution in [0.5, 0.6) is 0 Å². The molecule has 2 rings (SSSR count). The molecule has 352 valence electrons. The van der Waals surface area contributed by atoms with Crippen LogP contribution in [-0.2, 0) is 33.4 Å². The Balaban J connectivity index is 0.000000612. The molecule has 2 N–H and O–H groups in total. The first kappa shape index (κ1) is 55.9. The van der Waals surface area contributed by atoms with Gasteiger partial charge in [0.2, 0.25) is 6.41 Å². The zero-order chi connectivity index (χ0) is 43.9. The second-order valence-corrected chi connectivity index (χ2v) is 18.2. The summed E-state index contributed by atoms with van der Waals surface area (Å²) in [4.78, 5) is 46.1. The number of amides is 1. The van der Waals surface area contributed by atoms with Crippen molar-refractivity contribution in [3.8, 4) is 0 Å². The lowest BCUT2D eigenvalue weighted by Gasteiger charge is -2.37. The van der Waals surface area contributed by atoms with E-state index < -0.39 is 5.97 Å². The van der Waals surface area contributed by atoms with Crippen molar-refractivity contribution >= 4 is 24.3 Å². The molecule has 9 nitrogen and oxygen atoms in total. The first-order valence-electron chi connectivity index (χ1n) is 25.8. The Hall–Kier alpha value is -2.16. The van der Waals surface area contributed by atoms with Crippen LogP contribution in [0.15, 0.2) is 0 Å². The van der Waals surface area contributed by atoms with Crippen LogP contribution in [0.2, 0.25) is 0 Å². The topological polar surface area (TPSA) is 128 Å². The zero-order valence-electron chi connectivity index (χ0n) is 39.5. The van der Waals surface area contributed by atoms with Crippen LogP contribution in [0.1, 0.15) is 259 Å². The first-order valence-corrected chi connectivity index (χ1v) is 25.8. The molecule has 2 saturated heterocycles. The summed E-state index contributed by atoms with van der Waals surface area (Å²) >= 11 is 0. The van der Waals surface area contributed by atoms with Gasteiger partial charge in [-0.25, -0.2) is 0 Å². The largest absolute Gasteiger partial charge is 0.461 e. The van der Waals surface area contributed by atoms with E-state index in [1.807, 2.05) is 0 Å². The average molecular weight is 850 g/mol. The number of cyclic esters (lactones) is 2. The molecule has 2 aliphatic rings. The fourth-order valence-corrected chi connectivity index (χ4v) is 8.71. The number of esters is 3. The standard InChI is InChI=1S/C27H49NO5.C24H46O3/c1-3-5-7-9-10-11-12-13-14-15-16-18-23(32-26(30)21-28-22-29)20-25-24(27(31)33-25)19-17-8-6-4-2;1-3-5-7-9-10-11-12-13-14-15-16-18-21(25)20-23-22(24(26)27-23)19-17-8-6-4-2/h22-25H,3-21H2,1-2H3,(H,28,29);21-23,25H,3-20H2,1-2H3/t23-,24-,25-;21-,22+,23+/m01/s1. The summed E-state index contributed by atoms with van der Waals surface area (Å²) in [5.41, 5.74) is 0. The second kappa shape index (κ2) is 39.7. The van der Waals surface area contributed by atoms with Crippen molar-refractivity contribution in [2.75, 3.05) is 6.54 Å². The number of carbonyl (C=O) groups excluding carboxylic acids is 4. The minimum Gasteiger partial charge on any atom is -0.461 e. The highest BCUT2D eigenvalue weighted by Gasteiger charge is 2.43. The van der Waals surface area contributed by atoms with Gasteiger partial charge in [-0.2, -0.15) is 0 Å². The van der Waals surface area contributed by atoms with Crippen LogP contribution < -0.4 is 5.32 Å². The van der Waals surface area contributed by atoms with Crippen molar-refractivity contribution < 1.29 is 38.5 Å². The molecule has 6 atom stereocenters. The Labute approximate surface area is 368 Å². The van der Waals surface area contributed by atoms with E-state index in [2.05, 4.69) is 33.0 Å². The van der Waals surface area contributed by atoms with Crippen molar-refractivity contribution in [2.24, 2.45) is 11.8 Å². The van der Waals surface area contributed by atoms with Gasteiger partial charge in [-0.1, -0.05) is 214 Å². The Kier molecular flexibility index (Phi) is 36.9. The lowest BCUT2D eigenvalue weighted by Crippen LogP contribution is -2.47. The third-order valence-corrected chi connectivity index (χ3v) is 12.7. The van der Waals surface area contributed by atoms with Crippen LogP contribution in [0.25, 0.3) is 0 Å². The fraction of sp³-hybridized carbons (Fsp3) is 0.922. The lowest BCUT2D eigenvalue weighted by atomic mass is 9.86. The molecule has 9 heteroatoms. The molecule has 0 spiro atoms. The number of ether oxygens (including phenoxy) is 3. The van der Waals surface area contributed by atoms with Crippen molar-refractivity contribution in [2.45, 2.75) is 283 Å². The van der Waals surface area contributed by atoms with Crippen LogP contribution in [0, 0.1) is 11.8 Å². The van der Waals surface area contributed by atoms with Crippen LogP contribution in [0.4, 0.5) is 0 Å². The SMILES string of the molecule is CCCCCCCCCCCCC[C@@H](C[C@@H]1OC(=O)[C@H]1CCCCCC)OC(=O)CNC=O.CCCCCCCCCCCCC[C@@H](O)C[C@@H]1OC(=O)[C@H]1CCCCCC. The van der Waals surface area contributed by atoms with Gasteiger partial charge < -0.3 is 24.6 Å². The second-order valence-electron chi connectivity index (χ2n) is 18.2. The number of rotatable bonds is 42. The van der Waals surface area contributed by atoms with E-state index in [1.165, 1.54) is 154 Å². The number of nitrogens with one attached hydrogen (secondary N) is 1. The number of unbranched alkanes of at least 4 members (excludes halogenated alkanes) is 26. The molecule has 0 aliphatic carbocycles. The molecule has 0 bridgehead atoms. The summed E-state index contributed by atoms with van der Waals surface area (Å²) in [7, 11) is 0. The van der Waals surface area contributed by atoms with E-state index in [-0.39, 0.29) is 54.7 Å². The van der Waals surface area contributed by atoms with Gasteiger partial charge in [0, 0.05) is 12.8 Å². The molecule has 1 amide bonds. The molecule has 0 unspecified atom stereocenters. The summed E-state index contributed by atoms with van der Waals surface area (Å²) in [5.74, 6) is -0.597. The van der Waals surface area contributed by atoms with Gasteiger partial charge in [-0.05, 0) is 32.1 Å². The van der Waals surface area contributed by atoms with Gasteiger partial charge >= 0.3 is 17.9 Å². The minimum atomic E-state index is -0.430. The maximum Gasteiger partial charge on any atom is 0.325 e. The van der Waals surface area contributed by atoms with Crippen molar-refractivity contribution in [3.05, 3.63) is 0 Å². The molecule has 60 heavy (non-hydrogen) atoms. The third kappa shape index (κ3) is 29.2. The maximum absolute atomic E-state index is 12.0. The molecule has 0 aromatic rings. The smallest absolute Gasteiger partial charge is 0.325 e. The Morgan fingerprint density at radius 3 is 1.28 bits per heavy atom. The van der Waals surface area contributed by atoms with E-state index in [0.717, 1.165) is 64.2 Å². The molecule has 2 aliphatic heterocycles. The molecule has 0 aromatic carbocycles. The van der Waals surface area contributed by atoms with Crippen molar-refractivity contribution in [1.82, 2.24) is 5.32 Å². The first-order chi connectivity index (χ1) is 29.3. The van der Waals surface area contributed by atoms with Gasteiger partial charge in [-0.3, -0.25) is 19.2 Å². The van der Waals surface area contributed by atoms with Gasteiger partial charge in [0.05, 0.1) is 17.9 Å². The summed E-state index contributed by atoms with van der Waals surface area (Å²) in [5, 5.41) is 12.6. The van der Waals surface area contributed by atoms with E-state index in [9.17, 15) is 24.3 Å². The van der Waals surface area contributed by atoms with E-state index >= 15 is 0 Å². The highest BCUT2D eigenvalue weighted by molar-refractivity contribution is 5.79. The molecular weight excluding hydrogens is 755 g/mol. The molecule has 2 fully saturated rings. The van der Waals surface area contributed by atoms with Crippen LogP contribution in [0.3, 0.4) is 0 Å². The molecule has 0 saturated carbocycles. The Morgan fingerprint density at radius 1 is 0.550 bits per heavy atom. The molecule has 2 heterocycles. The van der Waals surface area contributed by atoms with Crippen LogP contribution in [-0.4, -0.2) is 60.4 Å². The maximum atomic E-state index is 12.0. The number of hydrogen-bond donors (Lipinski definition) is 2. The Bertz CT molecular complexity index is 1040. The van der Waals surface area contributed by atoms with Gasteiger partial charge in [0.15, 0.2) is 0 Å². The molecule has 0 radical (unpaired) electrons. The summed E-state index contributed by atoms with van der Waals surface area (Å²) < 4.78 is 16.3. The quantitative estimate of drug-likeness (QED) is 0.0269. The summed E-state index contributed by atoms with van der Waals surface area (Å²) in [6, 6.07) is 0. The van der Waals surface area contributed by atoms with E-state index in [1.54, 1.807) is 0 Å². The van der Waals surface area contributed by atoms with Gasteiger partial charge in [0.1, 0.15) is 24.9 Å².